The summed E-state index contributed by atoms with van der Waals surface area (Å²) in [4.78, 5) is 0.882. The minimum absolute atomic E-state index is 0.495. The zero-order valence-corrected chi connectivity index (χ0v) is 14.5. The van der Waals surface area contributed by atoms with Crippen LogP contribution in [-0.2, 0) is 30.2 Å². The Morgan fingerprint density at radius 3 is 2.65 bits per heavy atom. The van der Waals surface area contributed by atoms with E-state index in [2.05, 4.69) is 29.6 Å². The van der Waals surface area contributed by atoms with Crippen molar-refractivity contribution < 1.29 is 8.95 Å². The molecule has 122 valence electrons. The van der Waals surface area contributed by atoms with E-state index in [0.717, 1.165) is 36.5 Å². The summed E-state index contributed by atoms with van der Waals surface area (Å²) in [7, 11) is 0.810. The third kappa shape index (κ3) is 4.01. The highest BCUT2D eigenvalue weighted by Crippen LogP contribution is 2.25. The van der Waals surface area contributed by atoms with Crippen LogP contribution in [0.2, 0.25) is 0 Å². The Bertz CT molecular complexity index is 697. The monoisotopic (exact) mass is 329 g/mol. The number of rotatable bonds is 5. The molecule has 0 amide bonds. The van der Waals surface area contributed by atoms with Crippen LogP contribution >= 0.6 is 0 Å². The first kappa shape index (κ1) is 16.2. The molecule has 0 aliphatic heterocycles. The molecular weight excluding hydrogens is 306 g/mol. The maximum Gasteiger partial charge on any atom is 0.119 e. The Morgan fingerprint density at radius 2 is 1.96 bits per heavy atom. The molecule has 2 atom stereocenters. The van der Waals surface area contributed by atoms with Gasteiger partial charge in [0.25, 0.3) is 0 Å². The minimum Gasteiger partial charge on any atom is -0.497 e. The molecule has 0 aromatic heterocycles. The fourth-order valence-corrected chi connectivity index (χ4v) is 3.62. The molecule has 0 spiro atoms. The number of fused-ring (bicyclic) bond motifs is 1. The zero-order valence-electron chi connectivity index (χ0n) is 13.7. The summed E-state index contributed by atoms with van der Waals surface area (Å²) in [6.07, 6.45) is 5.03. The molecular formula is C19H23NO2S. The number of nitrogens with one attached hydrogen (secondary N) is 1. The standard InChI is InChI=1S/C19H23NO2S/c1-22-18-8-6-15-5-7-17(11-16(15)12-18)20-13-14-3-9-19(10-4-14)23(2)21/h3-4,6,8-10,12,17,20H,5,7,11,13H2,1-2H3/t17-,23-/m0/s1. The smallest absolute Gasteiger partial charge is 0.119 e. The van der Waals surface area contributed by atoms with Crippen LogP contribution in [0.1, 0.15) is 23.1 Å². The van der Waals surface area contributed by atoms with Crippen molar-refractivity contribution in [1.82, 2.24) is 5.32 Å². The van der Waals surface area contributed by atoms with Crippen molar-refractivity contribution in [2.75, 3.05) is 13.4 Å². The Kier molecular flexibility index (Phi) is 5.13. The van der Waals surface area contributed by atoms with Gasteiger partial charge >= 0.3 is 0 Å². The van der Waals surface area contributed by atoms with Gasteiger partial charge in [-0.3, -0.25) is 4.21 Å². The fourth-order valence-electron chi connectivity index (χ4n) is 3.10. The van der Waals surface area contributed by atoms with E-state index in [9.17, 15) is 4.21 Å². The Morgan fingerprint density at radius 1 is 1.17 bits per heavy atom. The van der Waals surface area contributed by atoms with Gasteiger partial charge in [-0.15, -0.1) is 0 Å². The molecule has 2 aromatic rings. The van der Waals surface area contributed by atoms with Gasteiger partial charge in [-0.25, -0.2) is 0 Å². The summed E-state index contributed by atoms with van der Waals surface area (Å²) >= 11 is 0. The van der Waals surface area contributed by atoms with E-state index in [0.29, 0.717) is 6.04 Å². The van der Waals surface area contributed by atoms with Crippen molar-refractivity contribution >= 4 is 10.8 Å². The van der Waals surface area contributed by atoms with Crippen molar-refractivity contribution in [2.24, 2.45) is 0 Å². The van der Waals surface area contributed by atoms with E-state index in [1.54, 1.807) is 13.4 Å². The number of methoxy groups -OCH3 is 1. The fraction of sp³-hybridized carbons (Fsp3) is 0.368. The van der Waals surface area contributed by atoms with Gasteiger partial charge < -0.3 is 10.1 Å². The van der Waals surface area contributed by atoms with Gasteiger partial charge in [0.15, 0.2) is 0 Å². The van der Waals surface area contributed by atoms with Gasteiger partial charge in [-0.05, 0) is 60.2 Å². The third-order valence-electron chi connectivity index (χ3n) is 4.49. The first-order chi connectivity index (χ1) is 11.2. The Hall–Kier alpha value is -1.65. The number of hydrogen-bond donors (Lipinski definition) is 1. The second-order valence-corrected chi connectivity index (χ2v) is 7.43. The summed E-state index contributed by atoms with van der Waals surface area (Å²) in [6.45, 7) is 0.848. The van der Waals surface area contributed by atoms with Gasteiger partial charge in [-0.1, -0.05) is 18.2 Å². The molecule has 0 heterocycles. The van der Waals surface area contributed by atoms with E-state index >= 15 is 0 Å². The minimum atomic E-state index is -0.906. The second-order valence-electron chi connectivity index (χ2n) is 6.05. The highest BCUT2D eigenvalue weighted by atomic mass is 32.2. The highest BCUT2D eigenvalue weighted by Gasteiger charge is 2.18. The highest BCUT2D eigenvalue weighted by molar-refractivity contribution is 7.84. The maximum atomic E-state index is 11.4. The Labute approximate surface area is 140 Å². The molecule has 3 nitrogen and oxygen atoms in total. The molecule has 1 aliphatic rings. The van der Waals surface area contributed by atoms with Crippen molar-refractivity contribution in [2.45, 2.75) is 36.7 Å². The van der Waals surface area contributed by atoms with Crippen LogP contribution < -0.4 is 10.1 Å². The zero-order chi connectivity index (χ0) is 16.2. The lowest BCUT2D eigenvalue weighted by Gasteiger charge is -2.26. The molecule has 0 bridgehead atoms. The number of ether oxygens (including phenoxy) is 1. The molecule has 0 radical (unpaired) electrons. The maximum absolute atomic E-state index is 11.4. The van der Waals surface area contributed by atoms with E-state index in [4.69, 9.17) is 4.74 Å². The van der Waals surface area contributed by atoms with Crippen LogP contribution in [0.3, 0.4) is 0 Å². The lowest BCUT2D eigenvalue weighted by Crippen LogP contribution is -2.34. The average Bonchev–Trinajstić information content (AvgIpc) is 2.59. The summed E-state index contributed by atoms with van der Waals surface area (Å²) in [5.41, 5.74) is 4.07. The van der Waals surface area contributed by atoms with Crippen LogP contribution in [0.5, 0.6) is 5.75 Å². The molecule has 4 heteroatoms. The van der Waals surface area contributed by atoms with Crippen LogP contribution in [0.25, 0.3) is 0 Å². The summed E-state index contributed by atoms with van der Waals surface area (Å²) in [6, 6.07) is 14.9. The number of benzene rings is 2. The van der Waals surface area contributed by atoms with Gasteiger partial charge in [0, 0.05) is 34.5 Å². The predicted molar refractivity (Wildman–Crippen MR) is 94.4 cm³/mol. The van der Waals surface area contributed by atoms with Crippen LogP contribution in [0, 0.1) is 0 Å². The molecule has 2 aromatic carbocycles. The number of hydrogen-bond acceptors (Lipinski definition) is 3. The van der Waals surface area contributed by atoms with Crippen molar-refractivity contribution in [3.8, 4) is 5.75 Å². The molecule has 1 N–H and O–H groups in total. The molecule has 0 saturated heterocycles. The first-order valence-electron chi connectivity index (χ1n) is 7.97. The second kappa shape index (κ2) is 7.28. The van der Waals surface area contributed by atoms with E-state index in [1.165, 1.54) is 16.7 Å². The van der Waals surface area contributed by atoms with Crippen molar-refractivity contribution in [3.05, 3.63) is 59.2 Å². The van der Waals surface area contributed by atoms with Crippen LogP contribution in [-0.4, -0.2) is 23.6 Å². The average molecular weight is 329 g/mol. The van der Waals surface area contributed by atoms with Crippen molar-refractivity contribution in [1.29, 1.82) is 0 Å². The van der Waals surface area contributed by atoms with Crippen LogP contribution in [0.4, 0.5) is 0 Å². The predicted octanol–water partition coefficient (Wildman–Crippen LogP) is 3.08. The lowest BCUT2D eigenvalue weighted by atomic mass is 9.88. The van der Waals surface area contributed by atoms with Crippen LogP contribution in [0.15, 0.2) is 47.4 Å². The molecule has 3 rings (SSSR count). The van der Waals surface area contributed by atoms with E-state index in [-0.39, 0.29) is 0 Å². The van der Waals surface area contributed by atoms with Gasteiger partial charge in [0.1, 0.15) is 5.75 Å². The number of aryl methyl sites for hydroxylation is 1. The Balaban J connectivity index is 1.60. The normalized spacial score (nSPS) is 18.3. The lowest BCUT2D eigenvalue weighted by molar-refractivity contribution is 0.411. The quantitative estimate of drug-likeness (QED) is 0.916. The molecule has 23 heavy (non-hydrogen) atoms. The third-order valence-corrected chi connectivity index (χ3v) is 5.43. The topological polar surface area (TPSA) is 38.3 Å². The summed E-state index contributed by atoms with van der Waals surface area (Å²) in [5.74, 6) is 0.938. The molecule has 0 unspecified atom stereocenters. The molecule has 0 fully saturated rings. The van der Waals surface area contributed by atoms with E-state index < -0.39 is 10.8 Å². The summed E-state index contributed by atoms with van der Waals surface area (Å²) in [5, 5.41) is 3.65. The SMILES string of the molecule is COc1ccc2c(c1)C[C@@H](NCc1ccc([S@](C)=O)cc1)CC2. The largest absolute Gasteiger partial charge is 0.497 e. The van der Waals surface area contributed by atoms with E-state index in [1.807, 2.05) is 18.2 Å². The van der Waals surface area contributed by atoms with Gasteiger partial charge in [0.05, 0.1) is 7.11 Å². The van der Waals surface area contributed by atoms with Gasteiger partial charge in [-0.2, -0.15) is 0 Å². The first-order valence-corrected chi connectivity index (χ1v) is 9.53. The molecule has 1 aliphatic carbocycles. The molecule has 0 saturated carbocycles. The van der Waals surface area contributed by atoms with Crippen molar-refractivity contribution in [3.63, 3.8) is 0 Å². The van der Waals surface area contributed by atoms with Gasteiger partial charge in [0.2, 0.25) is 0 Å². The summed E-state index contributed by atoms with van der Waals surface area (Å²) < 4.78 is 16.7.